The van der Waals surface area contributed by atoms with E-state index in [9.17, 15) is 10.1 Å². The highest BCUT2D eigenvalue weighted by Crippen LogP contribution is 2.40. The van der Waals surface area contributed by atoms with Gasteiger partial charge in [0.2, 0.25) is 5.88 Å². The molecule has 1 unspecified atom stereocenters. The molecule has 7 heteroatoms. The number of hydrogen-bond acceptors (Lipinski definition) is 6. The molecule has 0 fully saturated rings. The third-order valence-corrected chi connectivity index (χ3v) is 4.59. The number of nitrogens with two attached hydrogens (primary N) is 1. The Hall–Kier alpha value is -3.27. The zero-order chi connectivity index (χ0) is 19.0. The molecule has 0 radical (unpaired) electrons. The fraction of sp³-hybridized carbons (Fsp3) is 0.316. The van der Waals surface area contributed by atoms with Crippen molar-refractivity contribution >= 4 is 16.9 Å². The van der Waals surface area contributed by atoms with Crippen LogP contribution >= 0.6 is 0 Å². The highest BCUT2D eigenvalue weighted by Gasteiger charge is 2.36. The molecule has 0 bridgehead atoms. The molecule has 0 aliphatic carbocycles. The van der Waals surface area contributed by atoms with E-state index >= 15 is 0 Å². The predicted molar refractivity (Wildman–Crippen MR) is 95.4 cm³/mol. The maximum absolute atomic E-state index is 12.5. The summed E-state index contributed by atoms with van der Waals surface area (Å²) in [4.78, 5) is 12.5. The van der Waals surface area contributed by atoms with Gasteiger partial charge in [0.05, 0.1) is 23.6 Å². The molecule has 0 saturated carbocycles. The summed E-state index contributed by atoms with van der Waals surface area (Å²) in [6.45, 7) is 5.58. The highest BCUT2D eigenvalue weighted by molar-refractivity contribution is 5.93. The lowest BCUT2D eigenvalue weighted by molar-refractivity contribution is -0.139. The van der Waals surface area contributed by atoms with Crippen LogP contribution in [-0.4, -0.2) is 22.4 Å². The van der Waals surface area contributed by atoms with Crippen LogP contribution in [0.2, 0.25) is 0 Å². The maximum atomic E-state index is 12.5. The zero-order valence-electron chi connectivity index (χ0n) is 15.2. The number of carbonyl (C=O) groups excluding carboxylic acids is 1. The first kappa shape index (κ1) is 17.5. The van der Waals surface area contributed by atoms with E-state index in [0.29, 0.717) is 5.76 Å². The molecule has 1 aromatic carbocycles. The van der Waals surface area contributed by atoms with Gasteiger partial charge in [0.1, 0.15) is 17.4 Å². The van der Waals surface area contributed by atoms with E-state index in [1.807, 2.05) is 32.2 Å². The SMILES string of the molecule is CCOC(=O)C1=C(C)OC(N)=C(C#N)C1c1ccc2c(C)n(C)nc2c1. The van der Waals surface area contributed by atoms with E-state index in [1.165, 1.54) is 0 Å². The summed E-state index contributed by atoms with van der Waals surface area (Å²) in [7, 11) is 1.87. The van der Waals surface area contributed by atoms with Crippen LogP contribution in [0.25, 0.3) is 10.9 Å². The van der Waals surface area contributed by atoms with Crippen LogP contribution in [0.1, 0.15) is 31.0 Å². The van der Waals surface area contributed by atoms with Crippen LogP contribution in [0, 0.1) is 18.3 Å². The summed E-state index contributed by atoms with van der Waals surface area (Å²) in [6, 6.07) is 7.76. The van der Waals surface area contributed by atoms with Gasteiger partial charge in [0, 0.05) is 18.1 Å². The molecule has 7 nitrogen and oxygen atoms in total. The van der Waals surface area contributed by atoms with Gasteiger partial charge >= 0.3 is 5.97 Å². The first-order valence-corrected chi connectivity index (χ1v) is 8.27. The van der Waals surface area contributed by atoms with Crippen LogP contribution < -0.4 is 5.73 Å². The summed E-state index contributed by atoms with van der Waals surface area (Å²) in [5.41, 5.74) is 8.94. The minimum Gasteiger partial charge on any atom is -0.463 e. The zero-order valence-corrected chi connectivity index (χ0v) is 15.2. The average molecular weight is 352 g/mol. The van der Waals surface area contributed by atoms with Crippen molar-refractivity contribution in [2.75, 3.05) is 6.61 Å². The van der Waals surface area contributed by atoms with Crippen LogP contribution in [-0.2, 0) is 21.3 Å². The molecule has 3 rings (SSSR count). The number of allylic oxidation sites excluding steroid dienone is 2. The van der Waals surface area contributed by atoms with Crippen molar-refractivity contribution < 1.29 is 14.3 Å². The second-order valence-electron chi connectivity index (χ2n) is 6.10. The molecule has 2 heterocycles. The summed E-state index contributed by atoms with van der Waals surface area (Å²) < 4.78 is 12.4. The molecule has 2 aromatic rings. The van der Waals surface area contributed by atoms with Crippen molar-refractivity contribution in [2.24, 2.45) is 12.8 Å². The van der Waals surface area contributed by atoms with Gasteiger partial charge < -0.3 is 15.2 Å². The number of rotatable bonds is 3. The van der Waals surface area contributed by atoms with Crippen molar-refractivity contribution in [1.82, 2.24) is 9.78 Å². The minimum atomic E-state index is -0.653. The summed E-state index contributed by atoms with van der Waals surface area (Å²) in [5, 5.41) is 15.1. The summed E-state index contributed by atoms with van der Waals surface area (Å²) in [5.74, 6) is -0.838. The average Bonchev–Trinajstić information content (AvgIpc) is 2.88. The van der Waals surface area contributed by atoms with Crippen LogP contribution in [0.15, 0.2) is 41.0 Å². The highest BCUT2D eigenvalue weighted by atomic mass is 16.5. The van der Waals surface area contributed by atoms with Gasteiger partial charge in [-0.3, -0.25) is 4.68 Å². The fourth-order valence-corrected chi connectivity index (χ4v) is 3.22. The molecule has 1 atom stereocenters. The molecule has 26 heavy (non-hydrogen) atoms. The second kappa shape index (κ2) is 6.56. The Morgan fingerprint density at radius 1 is 1.46 bits per heavy atom. The number of carbonyl (C=O) groups is 1. The third-order valence-electron chi connectivity index (χ3n) is 4.59. The lowest BCUT2D eigenvalue weighted by atomic mass is 9.83. The van der Waals surface area contributed by atoms with Gasteiger partial charge in [0.25, 0.3) is 0 Å². The summed E-state index contributed by atoms with van der Waals surface area (Å²) in [6.07, 6.45) is 0. The third kappa shape index (κ3) is 2.69. The van der Waals surface area contributed by atoms with E-state index in [4.69, 9.17) is 15.2 Å². The van der Waals surface area contributed by atoms with Crippen molar-refractivity contribution in [1.29, 1.82) is 5.26 Å². The standard InChI is InChI=1S/C19H20N4O3/c1-5-25-19(24)16-11(3)26-18(21)14(9-20)17(16)12-6-7-13-10(2)23(4)22-15(13)8-12/h6-8,17H,5,21H2,1-4H3. The fourth-order valence-electron chi connectivity index (χ4n) is 3.22. The Bertz CT molecular complexity index is 1010. The molecular formula is C19H20N4O3. The van der Waals surface area contributed by atoms with Gasteiger partial charge in [-0.05, 0) is 32.4 Å². The van der Waals surface area contributed by atoms with Crippen LogP contribution in [0.3, 0.4) is 0 Å². The van der Waals surface area contributed by atoms with Gasteiger partial charge in [-0.15, -0.1) is 0 Å². The van der Waals surface area contributed by atoms with Gasteiger partial charge in [-0.25, -0.2) is 4.79 Å². The smallest absolute Gasteiger partial charge is 0.338 e. The normalized spacial score (nSPS) is 17.3. The lowest BCUT2D eigenvalue weighted by Gasteiger charge is -2.26. The number of esters is 1. The second-order valence-corrected chi connectivity index (χ2v) is 6.10. The molecule has 1 aromatic heterocycles. The van der Waals surface area contributed by atoms with Crippen LogP contribution in [0.4, 0.5) is 0 Å². The first-order valence-electron chi connectivity index (χ1n) is 8.27. The Kier molecular flexibility index (Phi) is 4.43. The van der Waals surface area contributed by atoms with Gasteiger partial charge in [0.15, 0.2) is 0 Å². The Labute approximate surface area is 151 Å². The summed E-state index contributed by atoms with van der Waals surface area (Å²) >= 11 is 0. The molecule has 2 N–H and O–H groups in total. The number of nitrogens with zero attached hydrogens (tertiary/aromatic N) is 3. The van der Waals surface area contributed by atoms with E-state index in [2.05, 4.69) is 11.2 Å². The molecule has 0 spiro atoms. The Morgan fingerprint density at radius 2 is 2.19 bits per heavy atom. The van der Waals surface area contributed by atoms with E-state index in [-0.39, 0.29) is 23.6 Å². The number of hydrogen-bond donors (Lipinski definition) is 1. The number of ether oxygens (including phenoxy) is 2. The number of aryl methyl sites for hydroxylation is 2. The number of benzene rings is 1. The largest absolute Gasteiger partial charge is 0.463 e. The van der Waals surface area contributed by atoms with Crippen molar-refractivity contribution in [2.45, 2.75) is 26.7 Å². The predicted octanol–water partition coefficient (Wildman–Crippen LogP) is 2.53. The van der Waals surface area contributed by atoms with Gasteiger partial charge in [-0.1, -0.05) is 12.1 Å². The Balaban J connectivity index is 2.21. The molecule has 0 amide bonds. The van der Waals surface area contributed by atoms with Crippen molar-refractivity contribution in [3.63, 3.8) is 0 Å². The topological polar surface area (TPSA) is 103 Å². The monoisotopic (exact) mass is 352 g/mol. The van der Waals surface area contributed by atoms with E-state index in [0.717, 1.165) is 22.2 Å². The number of aromatic nitrogens is 2. The Morgan fingerprint density at radius 3 is 2.85 bits per heavy atom. The van der Waals surface area contributed by atoms with Gasteiger partial charge in [-0.2, -0.15) is 10.4 Å². The first-order chi connectivity index (χ1) is 12.4. The number of fused-ring (bicyclic) bond motifs is 1. The van der Waals surface area contributed by atoms with Crippen LogP contribution in [0.5, 0.6) is 0 Å². The maximum Gasteiger partial charge on any atom is 0.338 e. The molecule has 134 valence electrons. The number of nitriles is 1. The molecule has 0 saturated heterocycles. The van der Waals surface area contributed by atoms with E-state index < -0.39 is 11.9 Å². The minimum absolute atomic E-state index is 0.000321. The van der Waals surface area contributed by atoms with Crippen molar-refractivity contribution in [3.8, 4) is 6.07 Å². The van der Waals surface area contributed by atoms with Crippen molar-refractivity contribution in [3.05, 3.63) is 52.2 Å². The molecule has 1 aliphatic heterocycles. The lowest BCUT2D eigenvalue weighted by Crippen LogP contribution is -2.25. The molecule has 1 aliphatic rings. The molecular weight excluding hydrogens is 332 g/mol. The quantitative estimate of drug-likeness (QED) is 0.852. The van der Waals surface area contributed by atoms with E-state index in [1.54, 1.807) is 18.5 Å².